The van der Waals surface area contributed by atoms with E-state index in [-0.39, 0.29) is 5.91 Å². The zero-order valence-corrected chi connectivity index (χ0v) is 13.3. The molecule has 1 amide bonds. The minimum Gasteiger partial charge on any atom is -0.342 e. The number of hydrogen-bond acceptors (Lipinski definition) is 2. The summed E-state index contributed by atoms with van der Waals surface area (Å²) in [7, 11) is 1.82. The molecule has 0 aliphatic rings. The van der Waals surface area contributed by atoms with E-state index < -0.39 is 0 Å². The highest BCUT2D eigenvalue weighted by atomic mass is 79.9. The van der Waals surface area contributed by atoms with Crippen LogP contribution >= 0.6 is 15.9 Å². The first-order chi connectivity index (χ1) is 9.61. The first kappa shape index (κ1) is 14.8. The lowest BCUT2D eigenvalue weighted by molar-refractivity contribution is 0.0774. The molecule has 0 saturated carbocycles. The third-order valence-electron chi connectivity index (χ3n) is 3.06. The Morgan fingerprint density at radius 3 is 2.75 bits per heavy atom. The fourth-order valence-corrected chi connectivity index (χ4v) is 2.57. The number of amides is 1. The van der Waals surface area contributed by atoms with E-state index in [0.29, 0.717) is 6.54 Å². The predicted molar refractivity (Wildman–Crippen MR) is 82.5 cm³/mol. The van der Waals surface area contributed by atoms with Crippen LogP contribution in [-0.4, -0.2) is 27.4 Å². The molecule has 106 valence electrons. The quantitative estimate of drug-likeness (QED) is 0.840. The number of carbonyl (C=O) groups is 1. The monoisotopic (exact) mass is 335 g/mol. The molecule has 2 rings (SSSR count). The molecule has 0 spiro atoms. The molecule has 0 saturated heterocycles. The predicted octanol–water partition coefficient (Wildman–Crippen LogP) is 3.33. The fraction of sp³-hybridized carbons (Fsp3) is 0.333. The normalized spacial score (nSPS) is 10.6. The average molecular weight is 336 g/mol. The molecule has 2 heterocycles. The molecule has 0 radical (unpaired) electrons. The highest BCUT2D eigenvalue weighted by molar-refractivity contribution is 9.10. The zero-order valence-electron chi connectivity index (χ0n) is 11.7. The van der Waals surface area contributed by atoms with Crippen molar-refractivity contribution in [1.29, 1.82) is 0 Å². The van der Waals surface area contributed by atoms with Gasteiger partial charge >= 0.3 is 0 Å². The van der Waals surface area contributed by atoms with Gasteiger partial charge in [-0.05, 0) is 46.1 Å². The summed E-state index contributed by atoms with van der Waals surface area (Å²) in [5, 5.41) is 0. The van der Waals surface area contributed by atoms with Crippen LogP contribution in [0.15, 0.2) is 41.3 Å². The molecular weight excluding hydrogens is 318 g/mol. The molecule has 0 unspecified atom stereocenters. The highest BCUT2D eigenvalue weighted by Gasteiger charge is 2.17. The summed E-state index contributed by atoms with van der Waals surface area (Å²) in [5.74, 6) is 0.0287. The number of rotatable bonds is 5. The van der Waals surface area contributed by atoms with Crippen molar-refractivity contribution >= 4 is 21.8 Å². The number of hydrogen-bond donors (Lipinski definition) is 0. The Kier molecular flexibility index (Phi) is 4.95. The lowest BCUT2D eigenvalue weighted by atomic mass is 10.2. The topological polar surface area (TPSA) is 38.1 Å². The third-order valence-corrected chi connectivity index (χ3v) is 3.50. The van der Waals surface area contributed by atoms with E-state index in [1.807, 2.05) is 36.0 Å². The van der Waals surface area contributed by atoms with E-state index in [2.05, 4.69) is 27.8 Å². The first-order valence-electron chi connectivity index (χ1n) is 6.62. The van der Waals surface area contributed by atoms with E-state index in [1.165, 1.54) is 0 Å². The van der Waals surface area contributed by atoms with Crippen LogP contribution in [0.5, 0.6) is 0 Å². The van der Waals surface area contributed by atoms with Crippen LogP contribution < -0.4 is 0 Å². The van der Waals surface area contributed by atoms with E-state index >= 15 is 0 Å². The number of aromatic nitrogens is 2. The van der Waals surface area contributed by atoms with Crippen molar-refractivity contribution in [2.24, 2.45) is 0 Å². The minimum absolute atomic E-state index is 0.0287. The van der Waals surface area contributed by atoms with Crippen LogP contribution in [-0.2, 0) is 13.1 Å². The van der Waals surface area contributed by atoms with Crippen molar-refractivity contribution in [3.8, 4) is 0 Å². The molecule has 2 aromatic heterocycles. The number of halogens is 1. The maximum absolute atomic E-state index is 12.5. The molecular formula is C15H18BrN3O. The Bertz CT molecular complexity index is 580. The van der Waals surface area contributed by atoms with Crippen LogP contribution in [0.2, 0.25) is 0 Å². The Labute approximate surface area is 127 Å². The average Bonchev–Trinajstić information content (AvgIpc) is 2.80. The SMILES string of the molecule is CCCn1cc(Br)cc1C(=O)N(C)Cc1ccncc1. The Morgan fingerprint density at radius 2 is 2.10 bits per heavy atom. The van der Waals surface area contributed by atoms with Gasteiger partial charge in [-0.2, -0.15) is 0 Å². The van der Waals surface area contributed by atoms with Gasteiger partial charge in [0.25, 0.3) is 5.91 Å². The van der Waals surface area contributed by atoms with Gasteiger partial charge in [-0.25, -0.2) is 0 Å². The van der Waals surface area contributed by atoms with E-state index in [9.17, 15) is 4.79 Å². The number of carbonyl (C=O) groups excluding carboxylic acids is 1. The van der Waals surface area contributed by atoms with Crippen LogP contribution in [0.1, 0.15) is 29.4 Å². The Balaban J connectivity index is 2.14. The first-order valence-corrected chi connectivity index (χ1v) is 7.41. The molecule has 0 bridgehead atoms. The fourth-order valence-electron chi connectivity index (χ4n) is 2.11. The van der Waals surface area contributed by atoms with Gasteiger partial charge < -0.3 is 9.47 Å². The smallest absolute Gasteiger partial charge is 0.270 e. The van der Waals surface area contributed by atoms with Gasteiger partial charge in [0.15, 0.2) is 0 Å². The number of pyridine rings is 1. The number of nitrogens with zero attached hydrogens (tertiary/aromatic N) is 3. The molecule has 20 heavy (non-hydrogen) atoms. The Morgan fingerprint density at radius 1 is 1.40 bits per heavy atom. The summed E-state index contributed by atoms with van der Waals surface area (Å²) < 4.78 is 2.93. The second-order valence-corrected chi connectivity index (χ2v) is 5.67. The summed E-state index contributed by atoms with van der Waals surface area (Å²) in [5.41, 5.74) is 1.79. The lowest BCUT2D eigenvalue weighted by Crippen LogP contribution is -2.28. The molecule has 0 atom stereocenters. The summed E-state index contributed by atoms with van der Waals surface area (Å²) in [6.45, 7) is 3.52. The largest absolute Gasteiger partial charge is 0.342 e. The molecule has 0 aliphatic carbocycles. The molecule has 2 aromatic rings. The van der Waals surface area contributed by atoms with Crippen molar-refractivity contribution in [1.82, 2.24) is 14.5 Å². The van der Waals surface area contributed by atoms with Crippen LogP contribution in [0, 0.1) is 0 Å². The summed E-state index contributed by atoms with van der Waals surface area (Å²) in [6.07, 6.45) is 6.43. The van der Waals surface area contributed by atoms with Gasteiger partial charge in [0.05, 0.1) is 0 Å². The maximum atomic E-state index is 12.5. The second-order valence-electron chi connectivity index (χ2n) is 4.75. The molecule has 4 nitrogen and oxygen atoms in total. The Hall–Kier alpha value is -1.62. The van der Waals surface area contributed by atoms with Gasteiger partial charge in [0, 0.05) is 43.2 Å². The van der Waals surface area contributed by atoms with Crippen LogP contribution in [0.25, 0.3) is 0 Å². The summed E-state index contributed by atoms with van der Waals surface area (Å²) in [4.78, 5) is 18.2. The van der Waals surface area contributed by atoms with Gasteiger partial charge in [-0.1, -0.05) is 6.92 Å². The highest BCUT2D eigenvalue weighted by Crippen LogP contribution is 2.17. The van der Waals surface area contributed by atoms with Gasteiger partial charge in [0.2, 0.25) is 0 Å². The van der Waals surface area contributed by atoms with Crippen LogP contribution in [0.3, 0.4) is 0 Å². The molecule has 0 fully saturated rings. The zero-order chi connectivity index (χ0) is 14.5. The van der Waals surface area contributed by atoms with Crippen molar-refractivity contribution < 1.29 is 4.79 Å². The molecule has 5 heteroatoms. The molecule has 0 N–H and O–H groups in total. The van der Waals surface area contributed by atoms with Crippen LogP contribution in [0.4, 0.5) is 0 Å². The van der Waals surface area contributed by atoms with E-state index in [1.54, 1.807) is 17.3 Å². The van der Waals surface area contributed by atoms with Gasteiger partial charge in [0.1, 0.15) is 5.69 Å². The second kappa shape index (κ2) is 6.70. The summed E-state index contributed by atoms with van der Waals surface area (Å²) in [6, 6.07) is 5.72. The third kappa shape index (κ3) is 3.48. The maximum Gasteiger partial charge on any atom is 0.270 e. The molecule has 0 aromatic carbocycles. The standard InChI is InChI=1S/C15H18BrN3O/c1-3-8-19-11-13(16)9-14(19)15(20)18(2)10-12-4-6-17-7-5-12/h4-7,9,11H,3,8,10H2,1-2H3. The van der Waals surface area contributed by atoms with E-state index in [0.717, 1.165) is 28.7 Å². The summed E-state index contributed by atoms with van der Waals surface area (Å²) >= 11 is 3.44. The van der Waals surface area contributed by atoms with Crippen molar-refractivity contribution in [2.75, 3.05) is 7.05 Å². The van der Waals surface area contributed by atoms with Crippen molar-refractivity contribution in [3.63, 3.8) is 0 Å². The van der Waals surface area contributed by atoms with Gasteiger partial charge in [-0.3, -0.25) is 9.78 Å². The van der Waals surface area contributed by atoms with Gasteiger partial charge in [-0.15, -0.1) is 0 Å². The van der Waals surface area contributed by atoms with Crippen molar-refractivity contribution in [3.05, 3.63) is 52.5 Å². The lowest BCUT2D eigenvalue weighted by Gasteiger charge is -2.18. The van der Waals surface area contributed by atoms with Crippen molar-refractivity contribution in [2.45, 2.75) is 26.4 Å². The molecule has 0 aliphatic heterocycles. The minimum atomic E-state index is 0.0287. The van der Waals surface area contributed by atoms with E-state index in [4.69, 9.17) is 0 Å². The number of aryl methyl sites for hydroxylation is 1.